The number of unbranched alkanes of at least 4 members (excludes halogenated alkanes) is 1. The van der Waals surface area contributed by atoms with Crippen molar-refractivity contribution in [3.05, 3.63) is 0 Å². The van der Waals surface area contributed by atoms with Gasteiger partial charge in [0.1, 0.15) is 0 Å². The fraction of sp³-hybridized carbons (Fsp3) is 0.941. The Morgan fingerprint density at radius 2 is 1.95 bits per heavy atom. The molecular formula is C17H36N4O. The molecule has 0 aliphatic carbocycles. The molecule has 0 amide bonds. The molecule has 3 unspecified atom stereocenters. The normalized spacial score (nSPS) is 25.0. The van der Waals surface area contributed by atoms with Gasteiger partial charge in [0.05, 0.1) is 6.61 Å². The van der Waals surface area contributed by atoms with Gasteiger partial charge in [0.25, 0.3) is 0 Å². The molecular weight excluding hydrogens is 276 g/mol. The first-order valence-corrected chi connectivity index (χ1v) is 8.73. The van der Waals surface area contributed by atoms with Crippen molar-refractivity contribution >= 4 is 5.96 Å². The Balaban J connectivity index is 2.11. The van der Waals surface area contributed by atoms with Crippen LogP contribution in [-0.4, -0.2) is 63.8 Å². The Hall–Kier alpha value is -0.810. The van der Waals surface area contributed by atoms with Crippen molar-refractivity contribution in [2.45, 2.75) is 46.1 Å². The molecule has 1 aliphatic heterocycles. The molecule has 1 heterocycles. The van der Waals surface area contributed by atoms with Gasteiger partial charge < -0.3 is 20.3 Å². The van der Waals surface area contributed by atoms with Gasteiger partial charge in [0.2, 0.25) is 0 Å². The number of guanidine groups is 1. The molecule has 0 bridgehead atoms. The van der Waals surface area contributed by atoms with E-state index in [9.17, 15) is 0 Å². The van der Waals surface area contributed by atoms with Gasteiger partial charge in [-0.25, -0.2) is 0 Å². The lowest BCUT2D eigenvalue weighted by atomic mass is 9.92. The van der Waals surface area contributed by atoms with Crippen LogP contribution in [-0.2, 0) is 4.74 Å². The third-order valence-electron chi connectivity index (χ3n) is 4.16. The van der Waals surface area contributed by atoms with E-state index >= 15 is 0 Å². The zero-order chi connectivity index (χ0) is 16.4. The lowest BCUT2D eigenvalue weighted by molar-refractivity contribution is 0.139. The van der Waals surface area contributed by atoms with E-state index in [0.717, 1.165) is 24.3 Å². The average molecular weight is 313 g/mol. The topological polar surface area (TPSA) is 48.9 Å². The number of methoxy groups -OCH3 is 1. The van der Waals surface area contributed by atoms with Crippen molar-refractivity contribution in [2.75, 3.05) is 46.9 Å². The van der Waals surface area contributed by atoms with Crippen molar-refractivity contribution in [2.24, 2.45) is 16.8 Å². The molecule has 3 atom stereocenters. The number of hydrogen-bond acceptors (Lipinski definition) is 3. The summed E-state index contributed by atoms with van der Waals surface area (Å²) in [7, 11) is 3.53. The highest BCUT2D eigenvalue weighted by Gasteiger charge is 2.20. The van der Waals surface area contributed by atoms with Crippen molar-refractivity contribution in [3.8, 4) is 0 Å². The summed E-state index contributed by atoms with van der Waals surface area (Å²) in [6.45, 7) is 12.3. The molecule has 1 aliphatic rings. The summed E-state index contributed by atoms with van der Waals surface area (Å²) in [5.74, 6) is 2.57. The molecule has 2 N–H and O–H groups in total. The van der Waals surface area contributed by atoms with E-state index in [1.165, 1.54) is 38.9 Å². The van der Waals surface area contributed by atoms with Gasteiger partial charge in [0.15, 0.2) is 5.96 Å². The zero-order valence-electron chi connectivity index (χ0n) is 15.2. The Bertz CT molecular complexity index is 312. The van der Waals surface area contributed by atoms with Crippen LogP contribution < -0.4 is 10.6 Å². The number of ether oxygens (including phenoxy) is 1. The predicted octanol–water partition coefficient (Wildman–Crippen LogP) is 1.94. The molecule has 0 aromatic rings. The summed E-state index contributed by atoms with van der Waals surface area (Å²) in [6.07, 6.45) is 3.81. The standard InChI is InChI=1S/C17H36N4O/c1-14-10-15(2)12-21(11-14)9-7-6-8-19-17(18-4)20-16(3)13-22-5/h14-16H,6-13H2,1-5H3,(H2,18,19,20). The summed E-state index contributed by atoms with van der Waals surface area (Å²) < 4.78 is 5.13. The van der Waals surface area contributed by atoms with Gasteiger partial charge in [-0.05, 0) is 44.6 Å². The van der Waals surface area contributed by atoms with Crippen LogP contribution in [0, 0.1) is 11.8 Å². The van der Waals surface area contributed by atoms with Gasteiger partial charge in [0, 0.05) is 39.8 Å². The van der Waals surface area contributed by atoms with E-state index < -0.39 is 0 Å². The minimum Gasteiger partial charge on any atom is -0.383 e. The van der Waals surface area contributed by atoms with E-state index in [-0.39, 0.29) is 6.04 Å². The van der Waals surface area contributed by atoms with E-state index in [1.54, 1.807) is 7.11 Å². The number of likely N-dealkylation sites (tertiary alicyclic amines) is 1. The Morgan fingerprint density at radius 3 is 2.55 bits per heavy atom. The molecule has 0 saturated carbocycles. The molecule has 130 valence electrons. The SMILES string of the molecule is CN=C(NCCCCN1CC(C)CC(C)C1)NC(C)COC. The molecule has 5 nitrogen and oxygen atoms in total. The summed E-state index contributed by atoms with van der Waals surface area (Å²) in [4.78, 5) is 6.88. The van der Waals surface area contributed by atoms with E-state index in [4.69, 9.17) is 4.74 Å². The fourth-order valence-electron chi connectivity index (χ4n) is 3.36. The van der Waals surface area contributed by atoms with Crippen LogP contribution in [0.5, 0.6) is 0 Å². The molecule has 22 heavy (non-hydrogen) atoms. The highest BCUT2D eigenvalue weighted by atomic mass is 16.5. The number of aliphatic imine (C=N–C) groups is 1. The van der Waals surface area contributed by atoms with Crippen molar-refractivity contribution in [1.29, 1.82) is 0 Å². The van der Waals surface area contributed by atoms with Gasteiger partial charge in [-0.1, -0.05) is 13.8 Å². The van der Waals surface area contributed by atoms with Crippen LogP contribution in [0.2, 0.25) is 0 Å². The minimum atomic E-state index is 0.271. The first kappa shape index (κ1) is 19.2. The molecule has 5 heteroatoms. The second-order valence-electron chi connectivity index (χ2n) is 6.91. The summed E-state index contributed by atoms with van der Waals surface area (Å²) in [5, 5.41) is 6.70. The van der Waals surface area contributed by atoms with Gasteiger partial charge >= 0.3 is 0 Å². The fourth-order valence-corrected chi connectivity index (χ4v) is 3.36. The highest BCUT2D eigenvalue weighted by Crippen LogP contribution is 2.20. The second kappa shape index (κ2) is 10.8. The van der Waals surface area contributed by atoms with Crippen LogP contribution in [0.4, 0.5) is 0 Å². The minimum absolute atomic E-state index is 0.271. The first-order valence-electron chi connectivity index (χ1n) is 8.73. The second-order valence-corrected chi connectivity index (χ2v) is 6.91. The molecule has 1 fully saturated rings. The average Bonchev–Trinajstić information content (AvgIpc) is 2.45. The molecule has 0 aromatic carbocycles. The van der Waals surface area contributed by atoms with Gasteiger partial charge in [-0.15, -0.1) is 0 Å². The Labute approximate surface area is 136 Å². The first-order chi connectivity index (χ1) is 10.5. The van der Waals surface area contributed by atoms with Crippen molar-refractivity contribution < 1.29 is 4.74 Å². The number of nitrogens with zero attached hydrogens (tertiary/aromatic N) is 2. The maximum Gasteiger partial charge on any atom is 0.191 e. The van der Waals surface area contributed by atoms with Crippen molar-refractivity contribution in [1.82, 2.24) is 15.5 Å². The zero-order valence-corrected chi connectivity index (χ0v) is 15.2. The molecule has 0 radical (unpaired) electrons. The van der Waals surface area contributed by atoms with Crippen LogP contribution >= 0.6 is 0 Å². The number of rotatable bonds is 8. The monoisotopic (exact) mass is 312 g/mol. The van der Waals surface area contributed by atoms with E-state index in [2.05, 4.69) is 41.3 Å². The maximum atomic E-state index is 5.13. The molecule has 0 spiro atoms. The third kappa shape index (κ3) is 7.99. The quantitative estimate of drug-likeness (QED) is 0.408. The molecule has 0 aromatic heterocycles. The van der Waals surface area contributed by atoms with Gasteiger partial charge in [-0.2, -0.15) is 0 Å². The van der Waals surface area contributed by atoms with Crippen LogP contribution in [0.3, 0.4) is 0 Å². The number of hydrogen-bond donors (Lipinski definition) is 2. The lowest BCUT2D eigenvalue weighted by Gasteiger charge is -2.34. The molecule has 1 saturated heterocycles. The van der Waals surface area contributed by atoms with Crippen LogP contribution in [0.1, 0.15) is 40.0 Å². The Morgan fingerprint density at radius 1 is 1.27 bits per heavy atom. The van der Waals surface area contributed by atoms with Crippen molar-refractivity contribution in [3.63, 3.8) is 0 Å². The summed E-state index contributed by atoms with van der Waals surface area (Å²) in [5.41, 5.74) is 0. The maximum absolute atomic E-state index is 5.13. The van der Waals surface area contributed by atoms with E-state index in [0.29, 0.717) is 6.61 Å². The largest absolute Gasteiger partial charge is 0.383 e. The molecule has 1 rings (SSSR count). The smallest absolute Gasteiger partial charge is 0.191 e. The highest BCUT2D eigenvalue weighted by molar-refractivity contribution is 5.79. The third-order valence-corrected chi connectivity index (χ3v) is 4.16. The number of piperidine rings is 1. The van der Waals surface area contributed by atoms with E-state index in [1.807, 2.05) is 7.05 Å². The predicted molar refractivity (Wildman–Crippen MR) is 94.5 cm³/mol. The Kier molecular flexibility index (Phi) is 9.48. The summed E-state index contributed by atoms with van der Waals surface area (Å²) >= 11 is 0. The summed E-state index contributed by atoms with van der Waals surface area (Å²) in [6, 6.07) is 0.271. The van der Waals surface area contributed by atoms with Crippen LogP contribution in [0.15, 0.2) is 4.99 Å². The van der Waals surface area contributed by atoms with Crippen LogP contribution in [0.25, 0.3) is 0 Å². The van der Waals surface area contributed by atoms with Gasteiger partial charge in [-0.3, -0.25) is 4.99 Å². The lowest BCUT2D eigenvalue weighted by Crippen LogP contribution is -2.44. The number of nitrogens with one attached hydrogen (secondary N) is 2.